The topological polar surface area (TPSA) is 54.3 Å². The first-order valence-corrected chi connectivity index (χ1v) is 8.57. The minimum absolute atomic E-state index is 0.102. The summed E-state index contributed by atoms with van der Waals surface area (Å²) in [5.74, 6) is -2.39. The molecule has 1 aromatic heterocycles. The van der Waals surface area contributed by atoms with Crippen molar-refractivity contribution < 1.29 is 22.8 Å². The molecule has 1 aromatic carbocycles. The maximum absolute atomic E-state index is 12.6. The fourth-order valence-corrected chi connectivity index (χ4v) is 2.81. The number of anilines is 1. The number of carbonyl (C=O) groups is 2. The molecule has 0 saturated carbocycles. The van der Waals surface area contributed by atoms with Crippen molar-refractivity contribution in [1.82, 2.24) is 9.47 Å². The van der Waals surface area contributed by atoms with Crippen molar-refractivity contribution in [2.75, 3.05) is 11.9 Å². The quantitative estimate of drug-likeness (QED) is 0.772. The van der Waals surface area contributed by atoms with E-state index >= 15 is 0 Å². The molecule has 27 heavy (non-hydrogen) atoms. The molecule has 5 nitrogen and oxygen atoms in total. The second-order valence-electron chi connectivity index (χ2n) is 5.70. The molecule has 0 aliphatic heterocycles. The van der Waals surface area contributed by atoms with Gasteiger partial charge < -0.3 is 14.8 Å². The van der Waals surface area contributed by atoms with Crippen molar-refractivity contribution in [2.24, 2.45) is 7.05 Å². The largest absolute Gasteiger partial charge is 0.471 e. The molecular formula is C17H16Cl2F3N3O2. The van der Waals surface area contributed by atoms with Gasteiger partial charge in [-0.05, 0) is 30.7 Å². The SMILES string of the molecule is CCN(Cc1cccc(NC(=O)c2cc(Cl)c(Cl)n2C)c1)C(=O)C(F)(F)F. The Balaban J connectivity index is 2.16. The Kier molecular flexibility index (Phi) is 6.43. The Morgan fingerprint density at radius 1 is 1.22 bits per heavy atom. The van der Waals surface area contributed by atoms with E-state index in [0.29, 0.717) is 16.2 Å². The van der Waals surface area contributed by atoms with E-state index in [9.17, 15) is 22.8 Å². The van der Waals surface area contributed by atoms with E-state index < -0.39 is 18.0 Å². The predicted molar refractivity (Wildman–Crippen MR) is 97.0 cm³/mol. The summed E-state index contributed by atoms with van der Waals surface area (Å²) in [6.45, 7) is 1.12. The zero-order valence-corrected chi connectivity index (χ0v) is 15.9. The van der Waals surface area contributed by atoms with E-state index in [2.05, 4.69) is 5.32 Å². The van der Waals surface area contributed by atoms with Crippen LogP contribution in [0.15, 0.2) is 30.3 Å². The molecule has 146 valence electrons. The van der Waals surface area contributed by atoms with Crippen molar-refractivity contribution in [3.63, 3.8) is 0 Å². The molecule has 0 atom stereocenters. The molecule has 0 saturated heterocycles. The highest BCUT2D eigenvalue weighted by Gasteiger charge is 2.41. The number of hydrogen-bond acceptors (Lipinski definition) is 2. The van der Waals surface area contributed by atoms with Gasteiger partial charge in [0.05, 0.1) is 5.02 Å². The Hall–Kier alpha value is -2.19. The summed E-state index contributed by atoms with van der Waals surface area (Å²) in [7, 11) is 1.57. The molecule has 1 heterocycles. The second kappa shape index (κ2) is 8.22. The zero-order chi connectivity index (χ0) is 20.4. The average Bonchev–Trinajstić information content (AvgIpc) is 2.86. The Labute approximate surface area is 163 Å². The van der Waals surface area contributed by atoms with E-state index in [-0.39, 0.29) is 29.0 Å². The fraction of sp³-hybridized carbons (Fsp3) is 0.294. The van der Waals surface area contributed by atoms with Crippen LogP contribution in [0.2, 0.25) is 10.2 Å². The van der Waals surface area contributed by atoms with E-state index in [0.717, 1.165) is 0 Å². The van der Waals surface area contributed by atoms with Crippen molar-refractivity contribution in [3.8, 4) is 0 Å². The Morgan fingerprint density at radius 3 is 2.41 bits per heavy atom. The van der Waals surface area contributed by atoms with Crippen LogP contribution in [0.1, 0.15) is 23.0 Å². The van der Waals surface area contributed by atoms with Gasteiger partial charge in [0.1, 0.15) is 10.8 Å². The molecule has 0 bridgehead atoms. The molecule has 2 amide bonds. The molecule has 0 radical (unpaired) electrons. The van der Waals surface area contributed by atoms with Crippen LogP contribution in [0.4, 0.5) is 18.9 Å². The lowest BCUT2D eigenvalue weighted by atomic mass is 10.2. The highest BCUT2D eigenvalue weighted by atomic mass is 35.5. The molecule has 1 N–H and O–H groups in total. The number of hydrogen-bond donors (Lipinski definition) is 1. The molecule has 2 rings (SSSR count). The van der Waals surface area contributed by atoms with Gasteiger partial charge >= 0.3 is 12.1 Å². The number of aromatic nitrogens is 1. The van der Waals surface area contributed by atoms with Crippen LogP contribution in [-0.2, 0) is 18.4 Å². The number of halogens is 5. The van der Waals surface area contributed by atoms with Gasteiger partial charge in [-0.1, -0.05) is 35.3 Å². The number of alkyl halides is 3. The van der Waals surface area contributed by atoms with Crippen LogP contribution < -0.4 is 5.32 Å². The first kappa shape index (κ1) is 21.1. The molecule has 10 heteroatoms. The summed E-state index contributed by atoms with van der Waals surface area (Å²) < 4.78 is 39.3. The maximum atomic E-state index is 12.6. The second-order valence-corrected chi connectivity index (χ2v) is 6.46. The Bertz CT molecular complexity index is 866. The van der Waals surface area contributed by atoms with Crippen LogP contribution >= 0.6 is 23.2 Å². The summed E-state index contributed by atoms with van der Waals surface area (Å²) in [4.78, 5) is 24.5. The van der Waals surface area contributed by atoms with Gasteiger partial charge in [0, 0.05) is 25.8 Å². The van der Waals surface area contributed by atoms with Gasteiger partial charge in [-0.3, -0.25) is 9.59 Å². The van der Waals surface area contributed by atoms with Crippen molar-refractivity contribution in [1.29, 1.82) is 0 Å². The molecule has 0 fully saturated rings. The van der Waals surface area contributed by atoms with Gasteiger partial charge in [0.25, 0.3) is 5.91 Å². The number of carbonyl (C=O) groups excluding carboxylic acids is 2. The molecular weight excluding hydrogens is 406 g/mol. The summed E-state index contributed by atoms with van der Waals surface area (Å²) in [5, 5.41) is 3.06. The summed E-state index contributed by atoms with van der Waals surface area (Å²) in [6, 6.07) is 7.62. The number of benzene rings is 1. The smallest absolute Gasteiger partial charge is 0.331 e. The lowest BCUT2D eigenvalue weighted by Crippen LogP contribution is -2.40. The predicted octanol–water partition coefficient (Wildman–Crippen LogP) is 4.50. The van der Waals surface area contributed by atoms with Gasteiger partial charge in [-0.25, -0.2) is 0 Å². The van der Waals surface area contributed by atoms with E-state index in [4.69, 9.17) is 23.2 Å². The van der Waals surface area contributed by atoms with Crippen LogP contribution in [0.3, 0.4) is 0 Å². The number of nitrogens with zero attached hydrogens (tertiary/aromatic N) is 2. The van der Waals surface area contributed by atoms with Gasteiger partial charge in [-0.2, -0.15) is 13.2 Å². The first-order valence-electron chi connectivity index (χ1n) is 7.81. The highest BCUT2D eigenvalue weighted by Crippen LogP contribution is 2.26. The monoisotopic (exact) mass is 421 g/mol. The summed E-state index contributed by atoms with van der Waals surface area (Å²) in [6.07, 6.45) is -4.94. The van der Waals surface area contributed by atoms with E-state index in [1.165, 1.54) is 23.6 Å². The van der Waals surface area contributed by atoms with Crippen molar-refractivity contribution >= 4 is 40.7 Å². The van der Waals surface area contributed by atoms with E-state index in [1.54, 1.807) is 25.2 Å². The van der Waals surface area contributed by atoms with Crippen LogP contribution in [-0.4, -0.2) is 34.0 Å². The van der Waals surface area contributed by atoms with Crippen LogP contribution in [0.25, 0.3) is 0 Å². The zero-order valence-electron chi connectivity index (χ0n) is 14.4. The fourth-order valence-electron chi connectivity index (χ4n) is 2.43. The minimum atomic E-state index is -4.94. The lowest BCUT2D eigenvalue weighted by Gasteiger charge is -2.22. The third-order valence-corrected chi connectivity index (χ3v) is 4.66. The van der Waals surface area contributed by atoms with Gasteiger partial charge in [-0.15, -0.1) is 0 Å². The standard InChI is InChI=1S/C17H16Cl2F3N3O2/c1-3-25(16(27)17(20,21)22)9-10-5-4-6-11(7-10)23-15(26)13-8-12(18)14(19)24(13)2/h4-8H,3,9H2,1-2H3,(H,23,26). The van der Waals surface area contributed by atoms with Crippen LogP contribution in [0.5, 0.6) is 0 Å². The molecule has 0 aliphatic carbocycles. The van der Waals surface area contributed by atoms with Crippen molar-refractivity contribution in [2.45, 2.75) is 19.6 Å². The maximum Gasteiger partial charge on any atom is 0.471 e. The molecule has 2 aromatic rings. The third-order valence-electron chi connectivity index (χ3n) is 3.82. The summed E-state index contributed by atoms with van der Waals surface area (Å²) >= 11 is 11.8. The minimum Gasteiger partial charge on any atom is -0.331 e. The third kappa shape index (κ3) is 4.95. The highest BCUT2D eigenvalue weighted by molar-refractivity contribution is 6.42. The average molecular weight is 422 g/mol. The lowest BCUT2D eigenvalue weighted by molar-refractivity contribution is -0.185. The summed E-state index contributed by atoms with van der Waals surface area (Å²) in [5.41, 5.74) is 1.02. The normalized spacial score (nSPS) is 11.4. The number of amides is 2. The number of nitrogens with one attached hydrogen (secondary N) is 1. The van der Waals surface area contributed by atoms with Crippen molar-refractivity contribution in [3.05, 3.63) is 51.8 Å². The van der Waals surface area contributed by atoms with E-state index in [1.807, 2.05) is 0 Å². The van der Waals surface area contributed by atoms with Gasteiger partial charge in [0.2, 0.25) is 0 Å². The van der Waals surface area contributed by atoms with Gasteiger partial charge in [0.15, 0.2) is 0 Å². The van der Waals surface area contributed by atoms with Crippen LogP contribution in [0, 0.1) is 0 Å². The molecule has 0 aliphatic rings. The molecule has 0 unspecified atom stereocenters. The molecule has 0 spiro atoms. The Morgan fingerprint density at radius 2 is 1.89 bits per heavy atom. The first-order chi connectivity index (χ1) is 12.5. The number of rotatable bonds is 5.